The van der Waals surface area contributed by atoms with Gasteiger partial charge in [-0.05, 0) is 26.3 Å². The van der Waals surface area contributed by atoms with Gasteiger partial charge >= 0.3 is 18.0 Å². The predicted octanol–water partition coefficient (Wildman–Crippen LogP) is 2.28. The monoisotopic (exact) mass is 379 g/mol. The molecular weight excluding hydrogens is 354 g/mol. The van der Waals surface area contributed by atoms with Crippen molar-refractivity contribution in [2.24, 2.45) is 0 Å². The molecule has 1 unspecified atom stereocenters. The van der Waals surface area contributed by atoms with Gasteiger partial charge in [-0.15, -0.1) is 0 Å². The van der Waals surface area contributed by atoms with Gasteiger partial charge in [0, 0.05) is 0 Å². The van der Waals surface area contributed by atoms with Crippen LogP contribution in [0.15, 0.2) is 43.0 Å². The molecule has 0 aliphatic heterocycles. The first-order valence-electron chi connectivity index (χ1n) is 8.29. The number of esters is 1. The number of carboxylic acid groups (broad SMARTS) is 1. The lowest BCUT2D eigenvalue weighted by Crippen LogP contribution is -2.54. The number of amides is 1. The second-order valence-corrected chi connectivity index (χ2v) is 6.60. The fraction of sp³-hybridized carbons (Fsp3) is 0.421. The van der Waals surface area contributed by atoms with Gasteiger partial charge in [0.05, 0.1) is 6.61 Å². The number of hydrogen-bond donors (Lipinski definition) is 2. The van der Waals surface area contributed by atoms with Crippen LogP contribution in [0.4, 0.5) is 4.79 Å². The SMILES string of the molecule is C=CCOC(=O)C(OCc1ccccc1)[C@H](NC(=O)OC(C)(C)C)C(=O)O. The van der Waals surface area contributed by atoms with E-state index in [-0.39, 0.29) is 13.2 Å². The average molecular weight is 379 g/mol. The van der Waals surface area contributed by atoms with E-state index >= 15 is 0 Å². The van der Waals surface area contributed by atoms with Crippen molar-refractivity contribution in [1.82, 2.24) is 5.32 Å². The molecule has 1 aromatic rings. The zero-order chi connectivity index (χ0) is 20.4. The van der Waals surface area contributed by atoms with E-state index in [4.69, 9.17) is 14.2 Å². The molecule has 1 amide bonds. The van der Waals surface area contributed by atoms with Crippen LogP contribution in [0.2, 0.25) is 0 Å². The smallest absolute Gasteiger partial charge is 0.408 e. The number of alkyl carbamates (subject to hydrolysis) is 1. The van der Waals surface area contributed by atoms with Crippen LogP contribution in [0, 0.1) is 0 Å². The predicted molar refractivity (Wildman–Crippen MR) is 97.0 cm³/mol. The number of rotatable bonds is 9. The number of hydrogen-bond acceptors (Lipinski definition) is 6. The highest BCUT2D eigenvalue weighted by Crippen LogP contribution is 2.12. The van der Waals surface area contributed by atoms with E-state index in [1.165, 1.54) is 6.08 Å². The van der Waals surface area contributed by atoms with Crippen molar-refractivity contribution in [2.75, 3.05) is 6.61 Å². The summed E-state index contributed by atoms with van der Waals surface area (Å²) in [5.74, 6) is -2.40. The number of carboxylic acids is 1. The fourth-order valence-electron chi connectivity index (χ4n) is 1.99. The summed E-state index contributed by atoms with van der Waals surface area (Å²) in [6, 6.07) is 7.17. The van der Waals surface area contributed by atoms with Gasteiger partial charge < -0.3 is 24.6 Å². The molecule has 0 radical (unpaired) electrons. The maximum Gasteiger partial charge on any atom is 0.408 e. The van der Waals surface area contributed by atoms with E-state index in [1.54, 1.807) is 45.0 Å². The van der Waals surface area contributed by atoms with Crippen LogP contribution in [0.25, 0.3) is 0 Å². The van der Waals surface area contributed by atoms with Crippen LogP contribution in [-0.2, 0) is 30.4 Å². The summed E-state index contributed by atoms with van der Waals surface area (Å²) < 4.78 is 15.5. The van der Waals surface area contributed by atoms with Crippen LogP contribution in [0.5, 0.6) is 0 Å². The lowest BCUT2D eigenvalue weighted by atomic mass is 10.1. The van der Waals surface area contributed by atoms with E-state index in [9.17, 15) is 19.5 Å². The number of benzene rings is 1. The second kappa shape index (κ2) is 10.3. The van der Waals surface area contributed by atoms with Gasteiger partial charge in [-0.1, -0.05) is 43.0 Å². The molecule has 1 aromatic carbocycles. The molecule has 2 N–H and O–H groups in total. The van der Waals surface area contributed by atoms with Crippen molar-refractivity contribution < 1.29 is 33.7 Å². The summed E-state index contributed by atoms with van der Waals surface area (Å²) >= 11 is 0. The van der Waals surface area contributed by atoms with Crippen molar-refractivity contribution in [2.45, 2.75) is 45.1 Å². The summed E-state index contributed by atoms with van der Waals surface area (Å²) in [4.78, 5) is 35.9. The second-order valence-electron chi connectivity index (χ2n) is 6.60. The maximum absolute atomic E-state index is 12.3. The summed E-state index contributed by atoms with van der Waals surface area (Å²) in [6.07, 6.45) is -1.22. The standard InChI is InChI=1S/C19H25NO7/c1-5-11-25-17(23)15(26-12-13-9-7-6-8-10-13)14(16(21)22)20-18(24)27-19(2,3)4/h5-10,14-15H,1,11-12H2,2-4H3,(H,20,24)(H,21,22)/t14-,15?/m0/s1. The Morgan fingerprint density at radius 3 is 2.37 bits per heavy atom. The van der Waals surface area contributed by atoms with Crippen molar-refractivity contribution >= 4 is 18.0 Å². The Morgan fingerprint density at radius 2 is 1.85 bits per heavy atom. The molecule has 0 saturated carbocycles. The molecule has 0 spiro atoms. The minimum atomic E-state index is -1.69. The molecular formula is C19H25NO7. The van der Waals surface area contributed by atoms with Gasteiger partial charge in [0.25, 0.3) is 0 Å². The first-order chi connectivity index (χ1) is 12.6. The Morgan fingerprint density at radius 1 is 1.22 bits per heavy atom. The largest absolute Gasteiger partial charge is 0.480 e. The van der Waals surface area contributed by atoms with Crippen LogP contribution in [-0.4, -0.2) is 47.5 Å². The van der Waals surface area contributed by atoms with Crippen molar-refractivity contribution in [1.29, 1.82) is 0 Å². The molecule has 27 heavy (non-hydrogen) atoms. The number of ether oxygens (including phenoxy) is 3. The molecule has 8 heteroatoms. The maximum atomic E-state index is 12.3. The van der Waals surface area contributed by atoms with Gasteiger partial charge in [-0.25, -0.2) is 14.4 Å². The van der Waals surface area contributed by atoms with Crippen LogP contribution < -0.4 is 5.32 Å². The normalized spacial score (nSPS) is 13.1. The molecule has 1 rings (SSSR count). The van der Waals surface area contributed by atoms with Gasteiger partial charge in [0.15, 0.2) is 12.1 Å². The lowest BCUT2D eigenvalue weighted by Gasteiger charge is -2.26. The molecule has 0 aliphatic rings. The van der Waals surface area contributed by atoms with E-state index in [1.807, 2.05) is 6.07 Å². The Hall–Kier alpha value is -2.87. The van der Waals surface area contributed by atoms with Crippen molar-refractivity contribution in [3.05, 3.63) is 48.6 Å². The molecule has 2 atom stereocenters. The van der Waals surface area contributed by atoms with Crippen LogP contribution in [0.1, 0.15) is 26.3 Å². The molecule has 148 valence electrons. The minimum Gasteiger partial charge on any atom is -0.480 e. The topological polar surface area (TPSA) is 111 Å². The van der Waals surface area contributed by atoms with Gasteiger partial charge in [0.1, 0.15) is 12.2 Å². The van der Waals surface area contributed by atoms with Gasteiger partial charge in [-0.3, -0.25) is 0 Å². The van der Waals surface area contributed by atoms with Crippen LogP contribution in [0.3, 0.4) is 0 Å². The number of carbonyl (C=O) groups is 3. The van der Waals surface area contributed by atoms with Crippen molar-refractivity contribution in [3.8, 4) is 0 Å². The highest BCUT2D eigenvalue weighted by molar-refractivity contribution is 5.88. The quantitative estimate of drug-likeness (QED) is 0.500. The van der Waals surface area contributed by atoms with E-state index in [0.717, 1.165) is 5.56 Å². The third-order valence-corrected chi connectivity index (χ3v) is 3.09. The van der Waals surface area contributed by atoms with E-state index < -0.39 is 35.8 Å². The zero-order valence-electron chi connectivity index (χ0n) is 15.6. The van der Waals surface area contributed by atoms with E-state index in [0.29, 0.717) is 0 Å². The van der Waals surface area contributed by atoms with Gasteiger partial charge in [-0.2, -0.15) is 0 Å². The highest BCUT2D eigenvalue weighted by Gasteiger charge is 2.38. The Balaban J connectivity index is 2.95. The molecule has 0 bridgehead atoms. The molecule has 0 heterocycles. The summed E-state index contributed by atoms with van der Waals surface area (Å²) in [7, 11) is 0. The third-order valence-electron chi connectivity index (χ3n) is 3.09. The van der Waals surface area contributed by atoms with Crippen LogP contribution >= 0.6 is 0 Å². The van der Waals surface area contributed by atoms with Crippen molar-refractivity contribution in [3.63, 3.8) is 0 Å². The molecule has 0 aromatic heterocycles. The van der Waals surface area contributed by atoms with Gasteiger partial charge in [0.2, 0.25) is 0 Å². The first kappa shape index (κ1) is 22.2. The Kier molecular flexibility index (Phi) is 8.47. The summed E-state index contributed by atoms with van der Waals surface area (Å²) in [6.45, 7) is 8.15. The zero-order valence-corrected chi connectivity index (χ0v) is 15.6. The lowest BCUT2D eigenvalue weighted by molar-refractivity contribution is -0.165. The first-order valence-corrected chi connectivity index (χ1v) is 8.29. The molecule has 8 nitrogen and oxygen atoms in total. The average Bonchev–Trinajstić information content (AvgIpc) is 2.58. The minimum absolute atomic E-state index is 0.0471. The fourth-order valence-corrected chi connectivity index (χ4v) is 1.99. The van der Waals surface area contributed by atoms with E-state index in [2.05, 4.69) is 11.9 Å². The Bertz CT molecular complexity index is 652. The highest BCUT2D eigenvalue weighted by atomic mass is 16.6. The Labute approximate surface area is 158 Å². The summed E-state index contributed by atoms with van der Waals surface area (Å²) in [5.41, 5.74) is -0.114. The molecule has 0 fully saturated rings. The number of nitrogens with one attached hydrogen (secondary N) is 1. The number of carbonyl (C=O) groups excluding carboxylic acids is 2. The number of aliphatic carboxylic acids is 1. The molecule has 0 aliphatic carbocycles. The molecule has 0 saturated heterocycles. The summed E-state index contributed by atoms with van der Waals surface area (Å²) in [5, 5.41) is 11.6. The third kappa shape index (κ3) is 8.37.